The highest BCUT2D eigenvalue weighted by molar-refractivity contribution is 6.52. The molecule has 2 aromatic rings. The van der Waals surface area contributed by atoms with Gasteiger partial charge in [0.15, 0.2) is 0 Å². The maximum absolute atomic E-state index is 6.43. The first-order valence-electron chi connectivity index (χ1n) is 7.29. The monoisotopic (exact) mass is 341 g/mol. The Morgan fingerprint density at radius 2 is 2.23 bits per heavy atom. The van der Waals surface area contributed by atoms with Crippen molar-refractivity contribution in [2.75, 3.05) is 18.0 Å². The summed E-state index contributed by atoms with van der Waals surface area (Å²) in [6.45, 7) is 4.40. The quantitative estimate of drug-likeness (QED) is 0.791. The number of halogens is 2. The van der Waals surface area contributed by atoms with Crippen LogP contribution in [-0.4, -0.2) is 47.4 Å². The number of hydrogen-bond acceptors (Lipinski definition) is 5. The van der Waals surface area contributed by atoms with E-state index in [0.717, 1.165) is 31.2 Å². The van der Waals surface area contributed by atoms with Crippen LogP contribution in [0, 0.1) is 11.3 Å². The summed E-state index contributed by atoms with van der Waals surface area (Å²) in [5.74, 6) is 1.03. The van der Waals surface area contributed by atoms with Gasteiger partial charge in [-0.1, -0.05) is 12.0 Å². The molecule has 7 nitrogen and oxygen atoms in total. The van der Waals surface area contributed by atoms with Gasteiger partial charge in [0.2, 0.25) is 5.95 Å². The van der Waals surface area contributed by atoms with Crippen molar-refractivity contribution in [3.63, 3.8) is 0 Å². The van der Waals surface area contributed by atoms with E-state index in [0.29, 0.717) is 6.54 Å². The SMILES string of the molecule is Cn1nccc1Cn1nnnc1N1CCC2(C)C(C1)C2(Cl)Cl. The molecule has 22 heavy (non-hydrogen) atoms. The van der Waals surface area contributed by atoms with Gasteiger partial charge in [-0.15, -0.1) is 23.2 Å². The van der Waals surface area contributed by atoms with E-state index in [9.17, 15) is 0 Å². The van der Waals surface area contributed by atoms with E-state index >= 15 is 0 Å². The zero-order chi connectivity index (χ0) is 15.5. The van der Waals surface area contributed by atoms with Gasteiger partial charge in [-0.05, 0) is 22.9 Å². The van der Waals surface area contributed by atoms with E-state index in [1.807, 2.05) is 17.8 Å². The van der Waals surface area contributed by atoms with Gasteiger partial charge in [-0.25, -0.2) is 4.68 Å². The van der Waals surface area contributed by atoms with Gasteiger partial charge in [-0.3, -0.25) is 4.68 Å². The Balaban J connectivity index is 1.55. The zero-order valence-electron chi connectivity index (χ0n) is 12.4. The summed E-state index contributed by atoms with van der Waals surface area (Å²) in [6, 6.07) is 1.96. The standard InChI is InChI=1S/C13H17Cl2N7/c1-12-4-6-21(8-10(12)13(12,14)15)11-17-18-19-22(11)7-9-3-5-16-20(9)2/h3,5,10H,4,6-8H2,1-2H3. The fourth-order valence-corrected chi connectivity index (χ4v) is 4.39. The first-order valence-corrected chi connectivity index (χ1v) is 8.05. The maximum atomic E-state index is 6.43. The number of aromatic nitrogens is 6. The third kappa shape index (κ3) is 1.88. The van der Waals surface area contributed by atoms with Crippen molar-refractivity contribution >= 4 is 29.2 Å². The van der Waals surface area contributed by atoms with Gasteiger partial charge in [0.05, 0.1) is 12.2 Å². The van der Waals surface area contributed by atoms with Crippen LogP contribution in [0.4, 0.5) is 5.95 Å². The van der Waals surface area contributed by atoms with Crippen molar-refractivity contribution in [3.8, 4) is 0 Å². The predicted octanol–water partition coefficient (Wildman–Crippen LogP) is 1.47. The number of nitrogens with zero attached hydrogens (tertiary/aromatic N) is 7. The number of tetrazole rings is 1. The van der Waals surface area contributed by atoms with E-state index in [-0.39, 0.29) is 11.3 Å². The first-order chi connectivity index (χ1) is 10.4. The predicted molar refractivity (Wildman–Crippen MR) is 83.0 cm³/mol. The Morgan fingerprint density at radius 3 is 2.91 bits per heavy atom. The molecule has 0 bridgehead atoms. The van der Waals surface area contributed by atoms with Crippen LogP contribution >= 0.6 is 23.2 Å². The lowest BCUT2D eigenvalue weighted by Crippen LogP contribution is -2.36. The van der Waals surface area contributed by atoms with Gasteiger partial charge in [0, 0.05) is 37.7 Å². The minimum absolute atomic E-state index is 0.0208. The van der Waals surface area contributed by atoms with Gasteiger partial charge in [-0.2, -0.15) is 5.10 Å². The molecule has 0 radical (unpaired) electrons. The van der Waals surface area contributed by atoms with Crippen LogP contribution in [0.1, 0.15) is 19.0 Å². The maximum Gasteiger partial charge on any atom is 0.245 e. The molecule has 3 heterocycles. The molecule has 118 valence electrons. The number of aryl methyl sites for hydroxylation is 1. The molecule has 2 aromatic heterocycles. The Morgan fingerprint density at radius 1 is 1.41 bits per heavy atom. The minimum atomic E-state index is -0.623. The Kier molecular flexibility index (Phi) is 2.97. The van der Waals surface area contributed by atoms with Gasteiger partial charge >= 0.3 is 0 Å². The second kappa shape index (κ2) is 4.58. The van der Waals surface area contributed by atoms with Gasteiger partial charge in [0.1, 0.15) is 4.33 Å². The average Bonchev–Trinajstić information content (AvgIpc) is 2.93. The van der Waals surface area contributed by atoms with Crippen LogP contribution in [0.2, 0.25) is 0 Å². The summed E-state index contributed by atoms with van der Waals surface area (Å²) in [5, 5.41) is 16.3. The van der Waals surface area contributed by atoms with E-state index in [2.05, 4.69) is 32.4 Å². The molecule has 1 aliphatic heterocycles. The summed E-state index contributed by atoms with van der Waals surface area (Å²) in [5.41, 5.74) is 1.07. The Bertz CT molecular complexity index is 709. The van der Waals surface area contributed by atoms with Crippen molar-refractivity contribution in [2.45, 2.75) is 24.2 Å². The molecule has 2 unspecified atom stereocenters. The van der Waals surface area contributed by atoms with Gasteiger partial charge in [0.25, 0.3) is 0 Å². The molecule has 0 spiro atoms. The summed E-state index contributed by atoms with van der Waals surface area (Å²) >= 11 is 12.9. The molecule has 0 N–H and O–H groups in total. The molecule has 2 atom stereocenters. The molecule has 2 aliphatic rings. The molecule has 9 heteroatoms. The van der Waals surface area contributed by atoms with Crippen LogP contribution in [0.15, 0.2) is 12.3 Å². The topological polar surface area (TPSA) is 64.7 Å². The fourth-order valence-electron chi connectivity index (χ4n) is 3.43. The summed E-state index contributed by atoms with van der Waals surface area (Å²) < 4.78 is 3.00. The van der Waals surface area contributed by atoms with E-state index in [1.54, 1.807) is 10.9 Å². The van der Waals surface area contributed by atoms with E-state index in [1.165, 1.54) is 0 Å². The largest absolute Gasteiger partial charge is 0.339 e. The number of anilines is 1. The minimum Gasteiger partial charge on any atom is -0.339 e. The van der Waals surface area contributed by atoms with E-state index in [4.69, 9.17) is 23.2 Å². The van der Waals surface area contributed by atoms with Crippen LogP contribution in [0.5, 0.6) is 0 Å². The third-order valence-corrected chi connectivity index (χ3v) is 6.61. The molecular formula is C13H17Cl2N7. The van der Waals surface area contributed by atoms with Crippen molar-refractivity contribution in [3.05, 3.63) is 18.0 Å². The average molecular weight is 342 g/mol. The van der Waals surface area contributed by atoms with Crippen molar-refractivity contribution in [1.29, 1.82) is 0 Å². The number of hydrogen-bond donors (Lipinski definition) is 0. The molecular weight excluding hydrogens is 325 g/mol. The Labute approximate surface area is 138 Å². The zero-order valence-corrected chi connectivity index (χ0v) is 14.0. The highest BCUT2D eigenvalue weighted by Gasteiger charge is 2.74. The van der Waals surface area contributed by atoms with Crippen LogP contribution < -0.4 is 4.90 Å². The molecule has 1 saturated carbocycles. The highest BCUT2D eigenvalue weighted by Crippen LogP contribution is 2.72. The smallest absolute Gasteiger partial charge is 0.245 e. The molecule has 0 aromatic carbocycles. The molecule has 0 amide bonds. The number of fused-ring (bicyclic) bond motifs is 1. The number of piperidine rings is 1. The molecule has 2 fully saturated rings. The number of alkyl halides is 2. The lowest BCUT2D eigenvalue weighted by atomic mass is 9.98. The second-order valence-electron chi connectivity index (χ2n) is 6.37. The second-order valence-corrected chi connectivity index (χ2v) is 7.76. The molecule has 1 aliphatic carbocycles. The summed E-state index contributed by atoms with van der Waals surface area (Å²) in [4.78, 5) is 2.18. The lowest BCUT2D eigenvalue weighted by molar-refractivity contribution is 0.406. The van der Waals surface area contributed by atoms with Crippen molar-refractivity contribution in [2.24, 2.45) is 18.4 Å². The van der Waals surface area contributed by atoms with Crippen LogP contribution in [-0.2, 0) is 13.6 Å². The summed E-state index contributed by atoms with van der Waals surface area (Å²) in [6.07, 6.45) is 2.72. The van der Waals surface area contributed by atoms with Crippen LogP contribution in [0.25, 0.3) is 0 Å². The Hall–Kier alpha value is -1.34. The molecule has 4 rings (SSSR count). The van der Waals surface area contributed by atoms with E-state index < -0.39 is 4.33 Å². The van der Waals surface area contributed by atoms with Crippen molar-refractivity contribution in [1.82, 2.24) is 30.0 Å². The third-order valence-electron chi connectivity index (χ3n) is 5.22. The molecule has 1 saturated heterocycles. The first kappa shape index (κ1) is 14.3. The van der Waals surface area contributed by atoms with Crippen LogP contribution in [0.3, 0.4) is 0 Å². The van der Waals surface area contributed by atoms with Crippen molar-refractivity contribution < 1.29 is 0 Å². The normalized spacial score (nSPS) is 29.5. The summed E-state index contributed by atoms with van der Waals surface area (Å²) in [7, 11) is 1.91. The fraction of sp³-hybridized carbons (Fsp3) is 0.692. The number of rotatable bonds is 3. The van der Waals surface area contributed by atoms with Gasteiger partial charge < -0.3 is 4.90 Å². The highest BCUT2D eigenvalue weighted by atomic mass is 35.5. The lowest BCUT2D eigenvalue weighted by Gasteiger charge is -2.29.